The Labute approximate surface area is 102 Å². The van der Waals surface area contributed by atoms with Crippen LogP contribution in [0.3, 0.4) is 0 Å². The van der Waals surface area contributed by atoms with E-state index in [-0.39, 0.29) is 5.12 Å². The van der Waals surface area contributed by atoms with Crippen molar-refractivity contribution in [3.63, 3.8) is 0 Å². The van der Waals surface area contributed by atoms with E-state index in [0.717, 1.165) is 18.4 Å². The second kappa shape index (κ2) is 7.29. The SMILES string of the molecule is CC/C=C/[C@H](CC)SC(=O)c1ccccc1. The summed E-state index contributed by atoms with van der Waals surface area (Å²) in [7, 11) is 0. The molecule has 0 saturated carbocycles. The molecule has 0 aromatic heterocycles. The van der Waals surface area contributed by atoms with E-state index in [1.807, 2.05) is 30.3 Å². The smallest absolute Gasteiger partial charge is 0.219 e. The first-order valence-electron chi connectivity index (χ1n) is 5.70. The van der Waals surface area contributed by atoms with E-state index >= 15 is 0 Å². The topological polar surface area (TPSA) is 17.1 Å². The lowest BCUT2D eigenvalue weighted by molar-refractivity contribution is 0.108. The third-order valence-corrected chi connectivity index (χ3v) is 3.50. The zero-order valence-corrected chi connectivity index (χ0v) is 10.7. The largest absolute Gasteiger partial charge is 0.282 e. The molecule has 0 radical (unpaired) electrons. The Balaban J connectivity index is 2.59. The van der Waals surface area contributed by atoms with Gasteiger partial charge in [0.05, 0.1) is 0 Å². The fourth-order valence-electron chi connectivity index (χ4n) is 1.33. The maximum absolute atomic E-state index is 11.9. The van der Waals surface area contributed by atoms with Gasteiger partial charge >= 0.3 is 0 Å². The van der Waals surface area contributed by atoms with Gasteiger partial charge in [0.25, 0.3) is 0 Å². The molecule has 86 valence electrons. The van der Waals surface area contributed by atoms with Crippen LogP contribution < -0.4 is 0 Å². The van der Waals surface area contributed by atoms with Crippen molar-refractivity contribution in [3.8, 4) is 0 Å². The van der Waals surface area contributed by atoms with Crippen LogP contribution >= 0.6 is 11.8 Å². The Morgan fingerprint density at radius 2 is 2.00 bits per heavy atom. The van der Waals surface area contributed by atoms with Gasteiger partial charge in [0.1, 0.15) is 0 Å². The van der Waals surface area contributed by atoms with Crippen molar-refractivity contribution in [1.82, 2.24) is 0 Å². The molecule has 1 aromatic carbocycles. The molecule has 0 aliphatic heterocycles. The van der Waals surface area contributed by atoms with Crippen LogP contribution in [-0.4, -0.2) is 10.4 Å². The molecule has 16 heavy (non-hydrogen) atoms. The molecule has 1 atom stereocenters. The zero-order valence-electron chi connectivity index (χ0n) is 9.85. The van der Waals surface area contributed by atoms with Crippen LogP contribution in [0.5, 0.6) is 0 Å². The van der Waals surface area contributed by atoms with Crippen LogP contribution in [0.2, 0.25) is 0 Å². The van der Waals surface area contributed by atoms with Crippen molar-refractivity contribution in [2.45, 2.75) is 31.9 Å². The Bertz CT molecular complexity index is 343. The summed E-state index contributed by atoms with van der Waals surface area (Å²) in [5, 5.41) is 0.459. The quantitative estimate of drug-likeness (QED) is 0.706. The molecule has 0 amide bonds. The van der Waals surface area contributed by atoms with Gasteiger partial charge < -0.3 is 0 Å². The normalized spacial score (nSPS) is 12.9. The van der Waals surface area contributed by atoms with Gasteiger partial charge in [-0.1, -0.05) is 68.1 Å². The number of allylic oxidation sites excluding steroid dienone is 1. The van der Waals surface area contributed by atoms with Gasteiger partial charge in [-0.15, -0.1) is 0 Å². The first kappa shape index (κ1) is 13.0. The molecule has 0 N–H and O–H groups in total. The van der Waals surface area contributed by atoms with E-state index in [4.69, 9.17) is 0 Å². The molecule has 1 rings (SSSR count). The molecular formula is C14H18OS. The van der Waals surface area contributed by atoms with E-state index in [2.05, 4.69) is 26.0 Å². The maximum Gasteiger partial charge on any atom is 0.219 e. The lowest BCUT2D eigenvalue weighted by atomic mass is 10.2. The van der Waals surface area contributed by atoms with Gasteiger partial charge in [-0.25, -0.2) is 0 Å². The fourth-order valence-corrected chi connectivity index (χ4v) is 2.23. The lowest BCUT2D eigenvalue weighted by Crippen LogP contribution is -2.02. The third kappa shape index (κ3) is 4.23. The second-order valence-corrected chi connectivity index (χ2v) is 4.77. The number of hydrogen-bond donors (Lipinski definition) is 0. The minimum atomic E-state index is 0.160. The summed E-state index contributed by atoms with van der Waals surface area (Å²) >= 11 is 1.41. The van der Waals surface area contributed by atoms with Gasteiger partial charge in [-0.2, -0.15) is 0 Å². The minimum absolute atomic E-state index is 0.160. The molecule has 2 heteroatoms. The monoisotopic (exact) mass is 234 g/mol. The Kier molecular flexibility index (Phi) is 5.94. The maximum atomic E-state index is 11.9. The molecule has 1 aromatic rings. The average Bonchev–Trinajstić information content (AvgIpc) is 2.35. The van der Waals surface area contributed by atoms with E-state index in [1.165, 1.54) is 11.8 Å². The summed E-state index contributed by atoms with van der Waals surface area (Å²) in [6.45, 7) is 4.21. The van der Waals surface area contributed by atoms with Crippen molar-refractivity contribution in [3.05, 3.63) is 48.0 Å². The average molecular weight is 234 g/mol. The number of hydrogen-bond acceptors (Lipinski definition) is 2. The molecule has 1 nitrogen and oxygen atoms in total. The van der Waals surface area contributed by atoms with E-state index in [1.54, 1.807) is 0 Å². The molecule has 0 fully saturated rings. The number of benzene rings is 1. The molecular weight excluding hydrogens is 216 g/mol. The summed E-state index contributed by atoms with van der Waals surface area (Å²) in [4.78, 5) is 11.9. The number of carbonyl (C=O) groups excluding carboxylic acids is 1. The summed E-state index contributed by atoms with van der Waals surface area (Å²) in [5.41, 5.74) is 0.788. The molecule has 0 bridgehead atoms. The van der Waals surface area contributed by atoms with Crippen molar-refractivity contribution in [1.29, 1.82) is 0 Å². The predicted octanol–water partition coefficient (Wildman–Crippen LogP) is 4.30. The van der Waals surface area contributed by atoms with E-state index < -0.39 is 0 Å². The highest BCUT2D eigenvalue weighted by atomic mass is 32.2. The van der Waals surface area contributed by atoms with Crippen LogP contribution in [-0.2, 0) is 0 Å². The van der Waals surface area contributed by atoms with Gasteiger partial charge in [-0.3, -0.25) is 4.79 Å². The molecule has 0 saturated heterocycles. The predicted molar refractivity (Wildman–Crippen MR) is 71.9 cm³/mol. The highest BCUT2D eigenvalue weighted by molar-refractivity contribution is 8.14. The summed E-state index contributed by atoms with van der Waals surface area (Å²) < 4.78 is 0. The van der Waals surface area contributed by atoms with Crippen molar-refractivity contribution in [2.24, 2.45) is 0 Å². The van der Waals surface area contributed by atoms with Crippen molar-refractivity contribution >= 4 is 16.9 Å². The Morgan fingerprint density at radius 3 is 2.56 bits per heavy atom. The lowest BCUT2D eigenvalue weighted by Gasteiger charge is -2.08. The Morgan fingerprint density at radius 1 is 1.31 bits per heavy atom. The van der Waals surface area contributed by atoms with Gasteiger partial charge in [0, 0.05) is 10.8 Å². The van der Waals surface area contributed by atoms with Crippen molar-refractivity contribution in [2.75, 3.05) is 0 Å². The van der Waals surface area contributed by atoms with E-state index in [9.17, 15) is 4.79 Å². The molecule has 0 heterocycles. The minimum Gasteiger partial charge on any atom is -0.282 e. The van der Waals surface area contributed by atoms with Crippen molar-refractivity contribution < 1.29 is 4.79 Å². The van der Waals surface area contributed by atoms with Gasteiger partial charge in [-0.05, 0) is 12.8 Å². The number of carbonyl (C=O) groups is 1. The summed E-state index contributed by atoms with van der Waals surface area (Å²) in [5.74, 6) is 0. The zero-order chi connectivity index (χ0) is 11.8. The van der Waals surface area contributed by atoms with Crippen LogP contribution in [0.15, 0.2) is 42.5 Å². The van der Waals surface area contributed by atoms with Crippen LogP contribution in [0, 0.1) is 0 Å². The molecule has 0 spiro atoms. The second-order valence-electron chi connectivity index (χ2n) is 3.55. The third-order valence-electron chi connectivity index (χ3n) is 2.26. The first-order valence-corrected chi connectivity index (χ1v) is 6.58. The highest BCUT2D eigenvalue weighted by Crippen LogP contribution is 2.21. The van der Waals surface area contributed by atoms with Crippen LogP contribution in [0.1, 0.15) is 37.0 Å². The van der Waals surface area contributed by atoms with Crippen LogP contribution in [0.4, 0.5) is 0 Å². The molecule has 0 unspecified atom stereocenters. The van der Waals surface area contributed by atoms with Gasteiger partial charge in [0.2, 0.25) is 5.12 Å². The highest BCUT2D eigenvalue weighted by Gasteiger charge is 2.11. The van der Waals surface area contributed by atoms with Crippen LogP contribution in [0.25, 0.3) is 0 Å². The first-order chi connectivity index (χ1) is 7.77. The molecule has 0 aliphatic rings. The number of thioether (sulfide) groups is 1. The molecule has 0 aliphatic carbocycles. The summed E-state index contributed by atoms with van der Waals surface area (Å²) in [6, 6.07) is 9.46. The fraction of sp³-hybridized carbons (Fsp3) is 0.357. The van der Waals surface area contributed by atoms with Gasteiger partial charge in [0.15, 0.2) is 0 Å². The summed E-state index contributed by atoms with van der Waals surface area (Å²) in [6.07, 6.45) is 6.27. The standard InChI is InChI=1S/C14H18OS/c1-3-5-11-13(4-2)16-14(15)12-9-7-6-8-10-12/h5-11,13H,3-4H2,1-2H3/b11-5+/t13-/m0/s1. The number of rotatable bonds is 5. The van der Waals surface area contributed by atoms with E-state index in [0.29, 0.717) is 5.25 Å². The Hall–Kier alpha value is -1.02.